The number of fused-ring (bicyclic) bond motifs is 2. The van der Waals surface area contributed by atoms with Crippen molar-refractivity contribution in [3.05, 3.63) is 84.1 Å². The van der Waals surface area contributed by atoms with Crippen LogP contribution in [0.3, 0.4) is 0 Å². The van der Waals surface area contributed by atoms with Crippen molar-refractivity contribution in [2.75, 3.05) is 29.9 Å². The van der Waals surface area contributed by atoms with Crippen LogP contribution in [0.15, 0.2) is 67.4 Å². The van der Waals surface area contributed by atoms with Crippen LogP contribution >= 0.6 is 0 Å². The standard InChI is InChI=1S/C27H28N8/c1-18-11-22(4-3-21(18)12-20-7-9-35-26(13-20)30-17-32-35)33-27-24-14-23(5-6-25(24)29-16-31-27)34-10-8-28-15-19(34)2/h3-7,9,11,13-14,16-17,19,28H,8,10,12,15H2,1-2H3,(H,29,31,33)/t19-/m1/s1. The number of nitrogens with zero attached hydrogens (tertiary/aromatic N) is 6. The lowest BCUT2D eigenvalue weighted by Crippen LogP contribution is -2.49. The van der Waals surface area contributed by atoms with E-state index in [2.05, 4.69) is 98.0 Å². The zero-order valence-corrected chi connectivity index (χ0v) is 19.9. The predicted octanol–water partition coefficient (Wildman–Crippen LogP) is 4.11. The zero-order valence-electron chi connectivity index (χ0n) is 19.9. The van der Waals surface area contributed by atoms with Crippen LogP contribution < -0.4 is 15.5 Å². The molecule has 2 N–H and O–H groups in total. The summed E-state index contributed by atoms with van der Waals surface area (Å²) in [4.78, 5) is 15.8. The number of pyridine rings is 1. The fourth-order valence-corrected chi connectivity index (χ4v) is 4.84. The summed E-state index contributed by atoms with van der Waals surface area (Å²) in [7, 11) is 0. The van der Waals surface area contributed by atoms with E-state index in [0.29, 0.717) is 6.04 Å². The fraction of sp³-hybridized carbons (Fsp3) is 0.259. The van der Waals surface area contributed by atoms with Gasteiger partial charge in [0, 0.05) is 48.6 Å². The molecule has 0 saturated carbocycles. The van der Waals surface area contributed by atoms with Crippen LogP contribution in [-0.4, -0.2) is 50.2 Å². The van der Waals surface area contributed by atoms with Gasteiger partial charge >= 0.3 is 0 Å². The van der Waals surface area contributed by atoms with Crippen molar-refractivity contribution in [1.29, 1.82) is 0 Å². The molecule has 176 valence electrons. The van der Waals surface area contributed by atoms with E-state index in [1.807, 2.05) is 6.20 Å². The molecule has 1 atom stereocenters. The molecular weight excluding hydrogens is 436 g/mol. The molecule has 1 saturated heterocycles. The highest BCUT2D eigenvalue weighted by molar-refractivity contribution is 5.93. The molecule has 3 aromatic heterocycles. The average molecular weight is 465 g/mol. The molecule has 4 heterocycles. The van der Waals surface area contributed by atoms with E-state index in [-0.39, 0.29) is 0 Å². The molecule has 35 heavy (non-hydrogen) atoms. The van der Waals surface area contributed by atoms with Crippen molar-refractivity contribution in [1.82, 2.24) is 29.9 Å². The summed E-state index contributed by atoms with van der Waals surface area (Å²) in [5, 5.41) is 12.2. The lowest BCUT2D eigenvalue weighted by atomic mass is 10.0. The molecule has 0 radical (unpaired) electrons. The van der Waals surface area contributed by atoms with E-state index in [4.69, 9.17) is 0 Å². The summed E-state index contributed by atoms with van der Waals surface area (Å²) >= 11 is 0. The second-order valence-corrected chi connectivity index (χ2v) is 9.21. The van der Waals surface area contributed by atoms with E-state index in [1.54, 1.807) is 17.2 Å². The van der Waals surface area contributed by atoms with Crippen LogP contribution in [-0.2, 0) is 6.42 Å². The highest BCUT2D eigenvalue weighted by Crippen LogP contribution is 2.29. The quantitative estimate of drug-likeness (QED) is 0.405. The van der Waals surface area contributed by atoms with E-state index < -0.39 is 0 Å². The van der Waals surface area contributed by atoms with E-state index in [9.17, 15) is 0 Å². The Morgan fingerprint density at radius 3 is 2.86 bits per heavy atom. The SMILES string of the molecule is Cc1cc(Nc2ncnc3ccc(N4CCNC[C@H]4C)cc23)ccc1Cc1ccn2ncnc2c1. The second kappa shape index (κ2) is 8.96. The smallest absolute Gasteiger partial charge is 0.155 e. The number of hydrogen-bond acceptors (Lipinski definition) is 7. The second-order valence-electron chi connectivity index (χ2n) is 9.21. The van der Waals surface area contributed by atoms with Crippen molar-refractivity contribution in [2.24, 2.45) is 0 Å². The van der Waals surface area contributed by atoms with Gasteiger partial charge < -0.3 is 15.5 Å². The molecule has 1 aliphatic heterocycles. The highest BCUT2D eigenvalue weighted by atomic mass is 15.3. The molecule has 2 aromatic carbocycles. The minimum absolute atomic E-state index is 0.447. The Balaban J connectivity index is 1.26. The fourth-order valence-electron chi connectivity index (χ4n) is 4.84. The summed E-state index contributed by atoms with van der Waals surface area (Å²) in [5.41, 5.74) is 7.74. The molecule has 8 heteroatoms. The minimum Gasteiger partial charge on any atom is -0.366 e. The third-order valence-electron chi connectivity index (χ3n) is 6.80. The Kier molecular flexibility index (Phi) is 5.50. The molecule has 6 rings (SSSR count). The van der Waals surface area contributed by atoms with Crippen molar-refractivity contribution < 1.29 is 0 Å². The van der Waals surface area contributed by atoms with Gasteiger partial charge in [0.1, 0.15) is 18.5 Å². The van der Waals surface area contributed by atoms with Crippen LogP contribution in [0.4, 0.5) is 17.2 Å². The number of aryl methyl sites for hydroxylation is 1. The average Bonchev–Trinajstić information content (AvgIpc) is 3.34. The summed E-state index contributed by atoms with van der Waals surface area (Å²) in [6.45, 7) is 7.39. The van der Waals surface area contributed by atoms with Gasteiger partial charge in [-0.25, -0.2) is 19.5 Å². The van der Waals surface area contributed by atoms with Gasteiger partial charge in [0.2, 0.25) is 0 Å². The molecule has 1 aliphatic rings. The van der Waals surface area contributed by atoms with Crippen LogP contribution in [0.1, 0.15) is 23.6 Å². The maximum atomic E-state index is 4.58. The van der Waals surface area contributed by atoms with Crippen LogP contribution in [0, 0.1) is 6.92 Å². The first-order valence-corrected chi connectivity index (χ1v) is 12.0. The van der Waals surface area contributed by atoms with Crippen molar-refractivity contribution >= 4 is 33.7 Å². The summed E-state index contributed by atoms with van der Waals surface area (Å²) < 4.78 is 1.78. The molecule has 0 spiro atoms. The predicted molar refractivity (Wildman–Crippen MR) is 139 cm³/mol. The lowest BCUT2D eigenvalue weighted by Gasteiger charge is -2.36. The normalized spacial score (nSPS) is 16.2. The molecule has 8 nitrogen and oxygen atoms in total. The molecule has 0 amide bonds. The summed E-state index contributed by atoms with van der Waals surface area (Å²) in [5.74, 6) is 0.823. The number of piperazine rings is 1. The largest absolute Gasteiger partial charge is 0.366 e. The maximum absolute atomic E-state index is 4.58. The van der Waals surface area contributed by atoms with E-state index in [0.717, 1.165) is 54.1 Å². The van der Waals surface area contributed by atoms with Crippen LogP contribution in [0.5, 0.6) is 0 Å². The number of rotatable bonds is 5. The summed E-state index contributed by atoms with van der Waals surface area (Å²) in [6, 6.07) is 17.6. The zero-order chi connectivity index (χ0) is 23.8. The van der Waals surface area contributed by atoms with E-state index >= 15 is 0 Å². The Bertz CT molecular complexity index is 1510. The van der Waals surface area contributed by atoms with Gasteiger partial charge in [0.15, 0.2) is 5.65 Å². The summed E-state index contributed by atoms with van der Waals surface area (Å²) in [6.07, 6.45) is 6.01. The maximum Gasteiger partial charge on any atom is 0.155 e. The number of aromatic nitrogens is 5. The van der Waals surface area contributed by atoms with Crippen LogP contribution in [0.25, 0.3) is 16.6 Å². The Labute approximate surface area is 204 Å². The van der Waals surface area contributed by atoms with Crippen LogP contribution in [0.2, 0.25) is 0 Å². The number of nitrogens with one attached hydrogen (secondary N) is 2. The number of hydrogen-bond donors (Lipinski definition) is 2. The lowest BCUT2D eigenvalue weighted by molar-refractivity contribution is 0.501. The van der Waals surface area contributed by atoms with E-state index in [1.165, 1.54) is 22.4 Å². The number of anilines is 3. The Morgan fingerprint density at radius 2 is 1.97 bits per heavy atom. The van der Waals surface area contributed by atoms with Gasteiger partial charge in [0.25, 0.3) is 0 Å². The first-order valence-electron chi connectivity index (χ1n) is 12.0. The highest BCUT2D eigenvalue weighted by Gasteiger charge is 2.19. The van der Waals surface area contributed by atoms with Gasteiger partial charge in [-0.15, -0.1) is 0 Å². The molecule has 0 aliphatic carbocycles. The Hall–Kier alpha value is -4.04. The van der Waals surface area contributed by atoms with Gasteiger partial charge in [-0.2, -0.15) is 5.10 Å². The van der Waals surface area contributed by atoms with Gasteiger partial charge in [-0.05, 0) is 79.4 Å². The first-order chi connectivity index (χ1) is 17.1. The van der Waals surface area contributed by atoms with Gasteiger partial charge in [-0.1, -0.05) is 6.07 Å². The number of benzene rings is 2. The molecule has 5 aromatic rings. The third-order valence-corrected chi connectivity index (χ3v) is 6.80. The third kappa shape index (κ3) is 4.28. The first kappa shape index (κ1) is 21.5. The molecule has 0 bridgehead atoms. The van der Waals surface area contributed by atoms with Crippen molar-refractivity contribution in [2.45, 2.75) is 26.3 Å². The van der Waals surface area contributed by atoms with Gasteiger partial charge in [-0.3, -0.25) is 0 Å². The van der Waals surface area contributed by atoms with Gasteiger partial charge in [0.05, 0.1) is 5.52 Å². The minimum atomic E-state index is 0.447. The topological polar surface area (TPSA) is 83.3 Å². The monoisotopic (exact) mass is 464 g/mol. The molecule has 0 unspecified atom stereocenters. The van der Waals surface area contributed by atoms with Crippen molar-refractivity contribution in [3.8, 4) is 0 Å². The molecule has 1 fully saturated rings. The van der Waals surface area contributed by atoms with Crippen molar-refractivity contribution in [3.63, 3.8) is 0 Å². The Morgan fingerprint density at radius 1 is 1.03 bits per heavy atom. The molecular formula is C27H28N8.